The summed E-state index contributed by atoms with van der Waals surface area (Å²) < 4.78 is 44.0. The average molecular weight is 481 g/mol. The molecule has 1 aromatic heterocycles. The Balaban J connectivity index is 1.32. The van der Waals surface area contributed by atoms with Crippen LogP contribution < -0.4 is 14.8 Å². The molecular weight excluding hydrogens is 456 g/mol. The predicted molar refractivity (Wildman–Crippen MR) is 124 cm³/mol. The predicted octanol–water partition coefficient (Wildman–Crippen LogP) is 3.97. The molecule has 1 saturated heterocycles. The van der Waals surface area contributed by atoms with Crippen LogP contribution in [0.5, 0.6) is 11.5 Å². The van der Waals surface area contributed by atoms with Crippen LogP contribution in [0.2, 0.25) is 0 Å². The van der Waals surface area contributed by atoms with Gasteiger partial charge < -0.3 is 19.2 Å². The summed E-state index contributed by atoms with van der Waals surface area (Å²) in [6.07, 6.45) is 1.91. The lowest BCUT2D eigenvalue weighted by Gasteiger charge is -2.30. The van der Waals surface area contributed by atoms with Crippen molar-refractivity contribution in [2.24, 2.45) is 5.92 Å². The maximum Gasteiger partial charge on any atom is 0.243 e. The summed E-state index contributed by atoms with van der Waals surface area (Å²) in [5.41, 5.74) is 1.63. The molecule has 0 spiro atoms. The summed E-state index contributed by atoms with van der Waals surface area (Å²) in [4.78, 5) is 4.50. The van der Waals surface area contributed by atoms with Gasteiger partial charge in [0.25, 0.3) is 0 Å². The number of anilines is 1. The first-order valence-corrected chi connectivity index (χ1v) is 12.5. The molecule has 2 aromatic carbocycles. The Hall–Kier alpha value is -3.55. The number of fused-ring (bicyclic) bond motifs is 1. The lowest BCUT2D eigenvalue weighted by atomic mass is 10.0. The van der Waals surface area contributed by atoms with E-state index in [-0.39, 0.29) is 29.2 Å². The number of aromatic nitrogens is 1. The summed E-state index contributed by atoms with van der Waals surface area (Å²) in [7, 11) is -3.55. The first-order chi connectivity index (χ1) is 16.4. The van der Waals surface area contributed by atoms with Gasteiger partial charge in [0.1, 0.15) is 6.07 Å². The molecule has 34 heavy (non-hydrogen) atoms. The van der Waals surface area contributed by atoms with Crippen molar-refractivity contribution < 1.29 is 22.3 Å². The fourth-order valence-corrected chi connectivity index (χ4v) is 5.75. The summed E-state index contributed by atoms with van der Waals surface area (Å²) in [6.45, 7) is 3.74. The second-order valence-electron chi connectivity index (χ2n) is 8.48. The van der Waals surface area contributed by atoms with Crippen LogP contribution >= 0.6 is 0 Å². The van der Waals surface area contributed by atoms with Crippen molar-refractivity contribution >= 4 is 15.9 Å². The Morgan fingerprint density at radius 1 is 1.18 bits per heavy atom. The highest BCUT2D eigenvalue weighted by Crippen LogP contribution is 2.33. The van der Waals surface area contributed by atoms with E-state index < -0.39 is 10.0 Å². The molecule has 9 nitrogen and oxygen atoms in total. The largest absolute Gasteiger partial charge is 0.454 e. The van der Waals surface area contributed by atoms with E-state index in [9.17, 15) is 13.7 Å². The second kappa shape index (κ2) is 9.00. The molecule has 1 N–H and O–H groups in total. The Kier molecular flexibility index (Phi) is 5.89. The normalized spacial score (nSPS) is 17.9. The van der Waals surface area contributed by atoms with E-state index in [1.807, 2.05) is 24.3 Å². The number of rotatable bonds is 6. The minimum Gasteiger partial charge on any atom is -0.454 e. The Morgan fingerprint density at radius 2 is 1.97 bits per heavy atom. The quantitative estimate of drug-likeness (QED) is 0.563. The molecule has 1 atom stereocenters. The minimum atomic E-state index is -3.55. The molecule has 0 saturated carbocycles. The van der Waals surface area contributed by atoms with Gasteiger partial charge in [-0.25, -0.2) is 8.42 Å². The van der Waals surface area contributed by atoms with Gasteiger partial charge in [-0.1, -0.05) is 13.0 Å². The van der Waals surface area contributed by atoms with Gasteiger partial charge in [-0.3, -0.25) is 0 Å². The van der Waals surface area contributed by atoms with E-state index in [0.717, 1.165) is 18.4 Å². The number of hydrogen-bond donors (Lipinski definition) is 1. The maximum atomic E-state index is 13.0. The molecule has 0 radical (unpaired) electrons. The summed E-state index contributed by atoms with van der Waals surface area (Å²) in [5.74, 6) is 2.20. The smallest absolute Gasteiger partial charge is 0.243 e. The number of piperidine rings is 1. The zero-order chi connectivity index (χ0) is 23.7. The highest BCUT2D eigenvalue weighted by molar-refractivity contribution is 7.89. The maximum absolute atomic E-state index is 13.0. The first kappa shape index (κ1) is 22.3. The van der Waals surface area contributed by atoms with Gasteiger partial charge >= 0.3 is 0 Å². The fourth-order valence-electron chi connectivity index (χ4n) is 4.16. The number of ether oxygens (including phenoxy) is 2. The average Bonchev–Trinajstić information content (AvgIpc) is 3.49. The van der Waals surface area contributed by atoms with Crippen LogP contribution in [-0.2, 0) is 16.6 Å². The number of hydrogen-bond acceptors (Lipinski definition) is 8. The van der Waals surface area contributed by atoms with Gasteiger partial charge in [-0.2, -0.15) is 14.6 Å². The molecule has 2 aliphatic heterocycles. The molecule has 0 amide bonds. The molecule has 3 aromatic rings. The number of benzene rings is 2. The van der Waals surface area contributed by atoms with Gasteiger partial charge in [0.2, 0.25) is 34.3 Å². The number of oxazole rings is 1. The number of sulfonamides is 1. The van der Waals surface area contributed by atoms with Gasteiger partial charge in [-0.15, -0.1) is 0 Å². The van der Waals surface area contributed by atoms with Crippen LogP contribution in [0.15, 0.2) is 51.8 Å². The monoisotopic (exact) mass is 480 g/mol. The molecular formula is C24H24N4O5S. The van der Waals surface area contributed by atoms with Crippen LogP contribution in [-0.4, -0.2) is 37.6 Å². The number of nitrogens with one attached hydrogen (secondary N) is 1. The van der Waals surface area contributed by atoms with Crippen molar-refractivity contribution in [3.05, 3.63) is 53.7 Å². The third-order valence-corrected chi connectivity index (χ3v) is 7.86. The fraction of sp³-hybridized carbons (Fsp3) is 0.333. The van der Waals surface area contributed by atoms with Gasteiger partial charge in [0.15, 0.2) is 11.5 Å². The molecule has 10 heteroatoms. The third-order valence-electron chi connectivity index (χ3n) is 5.98. The van der Waals surface area contributed by atoms with Crippen molar-refractivity contribution in [2.75, 3.05) is 25.2 Å². The van der Waals surface area contributed by atoms with E-state index in [1.165, 1.54) is 0 Å². The minimum absolute atomic E-state index is 0.120. The molecule has 0 aliphatic carbocycles. The van der Waals surface area contributed by atoms with E-state index in [1.54, 1.807) is 28.6 Å². The van der Waals surface area contributed by atoms with Gasteiger partial charge in [-0.05, 0) is 60.7 Å². The topological polar surface area (TPSA) is 118 Å². The summed E-state index contributed by atoms with van der Waals surface area (Å²) >= 11 is 0. The van der Waals surface area contributed by atoms with E-state index in [0.29, 0.717) is 42.6 Å². The summed E-state index contributed by atoms with van der Waals surface area (Å²) in [5, 5.41) is 12.6. The second-order valence-corrected chi connectivity index (χ2v) is 10.4. The standard InChI is InChI=1S/C24H24N4O5S/c1-16-3-2-10-28(14-16)34(29,30)19-7-5-18(6-8-19)23-27-20(12-25)24(33-23)26-13-17-4-9-21-22(11-17)32-15-31-21/h4-9,11,16,26H,2-3,10,13-15H2,1H3/t16-/m0/s1. The van der Waals surface area contributed by atoms with Crippen LogP contribution in [0.4, 0.5) is 5.88 Å². The lowest BCUT2D eigenvalue weighted by molar-refractivity contribution is 0.174. The van der Waals surface area contributed by atoms with Crippen LogP contribution in [0, 0.1) is 17.2 Å². The summed E-state index contributed by atoms with van der Waals surface area (Å²) in [6, 6.07) is 14.0. The van der Waals surface area contributed by atoms with Gasteiger partial charge in [0, 0.05) is 25.2 Å². The Morgan fingerprint density at radius 3 is 2.74 bits per heavy atom. The molecule has 0 unspecified atom stereocenters. The van der Waals surface area contributed by atoms with Crippen molar-refractivity contribution in [1.29, 1.82) is 5.26 Å². The van der Waals surface area contributed by atoms with Gasteiger partial charge in [0.05, 0.1) is 4.90 Å². The van der Waals surface area contributed by atoms with Crippen molar-refractivity contribution in [2.45, 2.75) is 31.2 Å². The molecule has 176 valence electrons. The van der Waals surface area contributed by atoms with Crippen LogP contribution in [0.1, 0.15) is 31.0 Å². The first-order valence-electron chi connectivity index (χ1n) is 11.1. The highest BCUT2D eigenvalue weighted by Gasteiger charge is 2.28. The van der Waals surface area contributed by atoms with Crippen LogP contribution in [0.3, 0.4) is 0 Å². The van der Waals surface area contributed by atoms with E-state index in [2.05, 4.69) is 17.2 Å². The number of nitriles is 1. The van der Waals surface area contributed by atoms with Crippen LogP contribution in [0.25, 0.3) is 11.5 Å². The van der Waals surface area contributed by atoms with E-state index >= 15 is 0 Å². The van der Waals surface area contributed by atoms with Crippen molar-refractivity contribution in [3.8, 4) is 29.0 Å². The molecule has 1 fully saturated rings. The molecule has 5 rings (SSSR count). The van der Waals surface area contributed by atoms with Crippen molar-refractivity contribution in [1.82, 2.24) is 9.29 Å². The zero-order valence-corrected chi connectivity index (χ0v) is 19.5. The lowest BCUT2D eigenvalue weighted by Crippen LogP contribution is -2.39. The van der Waals surface area contributed by atoms with Crippen molar-refractivity contribution in [3.63, 3.8) is 0 Å². The Bertz CT molecular complexity index is 1340. The Labute approximate surface area is 198 Å². The SMILES string of the molecule is C[C@H]1CCCN(S(=O)(=O)c2ccc(-c3nc(C#N)c(NCc4ccc5c(c4)OCO5)o3)cc2)C1. The third kappa shape index (κ3) is 4.32. The molecule has 3 heterocycles. The number of nitrogens with zero attached hydrogens (tertiary/aromatic N) is 3. The van der Waals surface area contributed by atoms with E-state index in [4.69, 9.17) is 13.9 Å². The molecule has 2 aliphatic rings. The molecule has 0 bridgehead atoms. The highest BCUT2D eigenvalue weighted by atomic mass is 32.2. The zero-order valence-electron chi connectivity index (χ0n) is 18.7.